The van der Waals surface area contributed by atoms with E-state index in [1.165, 1.54) is 0 Å². The summed E-state index contributed by atoms with van der Waals surface area (Å²) in [5, 5.41) is 18.7. The molecule has 1 N–H and O–H groups in total. The van der Waals surface area contributed by atoms with Gasteiger partial charge in [0.05, 0.1) is 11.3 Å². The number of aromatic nitrogens is 4. The largest absolute Gasteiger partial charge is 0.489 e. The van der Waals surface area contributed by atoms with E-state index >= 15 is 0 Å². The van der Waals surface area contributed by atoms with E-state index in [1.807, 2.05) is 54.6 Å². The number of nitrogens with zero attached hydrogens (tertiary/aromatic N) is 5. The van der Waals surface area contributed by atoms with Crippen molar-refractivity contribution in [2.24, 2.45) is 5.10 Å². The van der Waals surface area contributed by atoms with Gasteiger partial charge >= 0.3 is 0 Å². The fraction of sp³-hybridized carbons (Fsp3) is 0.105. The van der Waals surface area contributed by atoms with Crippen LogP contribution in [0.5, 0.6) is 5.75 Å². The highest BCUT2D eigenvalue weighted by Gasteiger charge is 2.31. The number of rotatable bonds is 5. The van der Waals surface area contributed by atoms with E-state index in [4.69, 9.17) is 4.74 Å². The van der Waals surface area contributed by atoms with Crippen LogP contribution in [-0.4, -0.2) is 32.2 Å². The van der Waals surface area contributed by atoms with E-state index in [1.54, 1.807) is 13.0 Å². The number of nitrogens with one attached hydrogen (secondary N) is 1. The molecule has 0 saturated carbocycles. The fourth-order valence-corrected chi connectivity index (χ4v) is 2.63. The van der Waals surface area contributed by atoms with E-state index in [0.29, 0.717) is 17.9 Å². The first-order valence-electron chi connectivity index (χ1n) is 8.33. The van der Waals surface area contributed by atoms with Gasteiger partial charge in [0.15, 0.2) is 0 Å². The highest BCUT2D eigenvalue weighted by molar-refractivity contribution is 6.31. The maximum Gasteiger partial charge on any atom is 0.293 e. The van der Waals surface area contributed by atoms with E-state index in [-0.39, 0.29) is 11.9 Å². The van der Waals surface area contributed by atoms with Gasteiger partial charge in [-0.25, -0.2) is 0 Å². The number of hydrazone groups is 1. The van der Waals surface area contributed by atoms with Gasteiger partial charge in [-0.05, 0) is 41.5 Å². The maximum atomic E-state index is 12.5. The van der Waals surface area contributed by atoms with Gasteiger partial charge in [-0.1, -0.05) is 47.6 Å². The SMILES string of the molecule is CC1=NN(c2nn[nH]n2)C(=O)/C1=C\c1ccc(OCc2ccccc2)cc1. The molecule has 0 saturated heterocycles. The lowest BCUT2D eigenvalue weighted by atomic mass is 10.1. The van der Waals surface area contributed by atoms with Crippen LogP contribution >= 0.6 is 0 Å². The van der Waals surface area contributed by atoms with Crippen LogP contribution in [0.25, 0.3) is 6.08 Å². The lowest BCUT2D eigenvalue weighted by Crippen LogP contribution is -2.22. The average molecular weight is 360 g/mol. The molecule has 0 spiro atoms. The zero-order chi connectivity index (χ0) is 18.6. The predicted octanol–water partition coefficient (Wildman–Crippen LogP) is 2.58. The minimum atomic E-state index is -0.293. The van der Waals surface area contributed by atoms with E-state index in [0.717, 1.165) is 21.9 Å². The highest BCUT2D eigenvalue weighted by Crippen LogP contribution is 2.22. The van der Waals surface area contributed by atoms with Crippen molar-refractivity contribution < 1.29 is 9.53 Å². The first-order chi connectivity index (χ1) is 13.2. The smallest absolute Gasteiger partial charge is 0.293 e. The highest BCUT2D eigenvalue weighted by atomic mass is 16.5. The van der Waals surface area contributed by atoms with Crippen LogP contribution in [0.3, 0.4) is 0 Å². The second kappa shape index (κ2) is 7.20. The van der Waals surface area contributed by atoms with E-state index in [9.17, 15) is 4.79 Å². The van der Waals surface area contributed by atoms with Crippen LogP contribution in [0.4, 0.5) is 5.95 Å². The number of ether oxygens (including phenoxy) is 1. The zero-order valence-electron chi connectivity index (χ0n) is 14.5. The van der Waals surface area contributed by atoms with Gasteiger partial charge < -0.3 is 4.74 Å². The summed E-state index contributed by atoms with van der Waals surface area (Å²) in [7, 11) is 0. The normalized spacial score (nSPS) is 15.3. The van der Waals surface area contributed by atoms with Gasteiger partial charge in [0, 0.05) is 0 Å². The van der Waals surface area contributed by atoms with Gasteiger partial charge in [0.1, 0.15) is 12.4 Å². The van der Waals surface area contributed by atoms with Crippen LogP contribution in [0, 0.1) is 0 Å². The van der Waals surface area contributed by atoms with Crippen molar-refractivity contribution in [1.82, 2.24) is 20.6 Å². The fourth-order valence-electron chi connectivity index (χ4n) is 2.63. The summed E-state index contributed by atoms with van der Waals surface area (Å²) in [5.41, 5.74) is 3.05. The van der Waals surface area contributed by atoms with Crippen molar-refractivity contribution in [2.45, 2.75) is 13.5 Å². The molecule has 0 fully saturated rings. The van der Waals surface area contributed by atoms with Gasteiger partial charge in [-0.2, -0.15) is 15.3 Å². The van der Waals surface area contributed by atoms with Crippen molar-refractivity contribution in [3.63, 3.8) is 0 Å². The maximum absolute atomic E-state index is 12.5. The van der Waals surface area contributed by atoms with Crippen LogP contribution in [0.2, 0.25) is 0 Å². The third-order valence-electron chi connectivity index (χ3n) is 4.03. The third-order valence-corrected chi connectivity index (χ3v) is 4.03. The molecule has 8 heteroatoms. The Hall–Kier alpha value is -3.81. The van der Waals surface area contributed by atoms with Crippen LogP contribution in [0.1, 0.15) is 18.1 Å². The van der Waals surface area contributed by atoms with Crippen molar-refractivity contribution in [3.8, 4) is 5.75 Å². The van der Waals surface area contributed by atoms with Crippen LogP contribution in [0.15, 0.2) is 65.3 Å². The Labute approximate surface area is 155 Å². The van der Waals surface area contributed by atoms with E-state index < -0.39 is 0 Å². The topological polar surface area (TPSA) is 96.4 Å². The van der Waals surface area contributed by atoms with Gasteiger partial charge in [-0.3, -0.25) is 4.79 Å². The molecule has 1 aromatic heterocycles. The quantitative estimate of drug-likeness (QED) is 0.706. The van der Waals surface area contributed by atoms with Crippen molar-refractivity contribution in [2.75, 3.05) is 5.01 Å². The minimum Gasteiger partial charge on any atom is -0.489 e. The molecule has 0 unspecified atom stereocenters. The number of anilines is 1. The molecule has 0 bridgehead atoms. The lowest BCUT2D eigenvalue weighted by molar-refractivity contribution is -0.114. The molecule has 8 nitrogen and oxygen atoms in total. The molecular formula is C19H16N6O2. The number of hydrogen-bond donors (Lipinski definition) is 1. The summed E-state index contributed by atoms with van der Waals surface area (Å²) >= 11 is 0. The summed E-state index contributed by atoms with van der Waals surface area (Å²) in [6, 6.07) is 17.5. The molecular weight excluding hydrogens is 344 g/mol. The summed E-state index contributed by atoms with van der Waals surface area (Å²) in [6.07, 6.45) is 1.78. The van der Waals surface area contributed by atoms with Crippen molar-refractivity contribution >= 4 is 23.6 Å². The second-order valence-corrected chi connectivity index (χ2v) is 5.92. The second-order valence-electron chi connectivity index (χ2n) is 5.92. The van der Waals surface area contributed by atoms with Crippen LogP contribution < -0.4 is 9.75 Å². The Morgan fingerprint density at radius 1 is 1.11 bits per heavy atom. The number of carbonyl (C=O) groups is 1. The van der Waals surface area contributed by atoms with Crippen molar-refractivity contribution in [1.29, 1.82) is 0 Å². The summed E-state index contributed by atoms with van der Waals surface area (Å²) in [4.78, 5) is 12.5. The number of carbonyl (C=O) groups excluding carboxylic acids is 1. The Morgan fingerprint density at radius 3 is 2.59 bits per heavy atom. The first-order valence-corrected chi connectivity index (χ1v) is 8.33. The standard InChI is InChI=1S/C19H16N6O2/c1-13-17(18(26)25(22-13)19-20-23-24-21-19)11-14-7-9-16(10-8-14)27-12-15-5-3-2-4-6-15/h2-11H,12H2,1H3,(H,20,21,23,24)/b17-11-. The number of benzene rings is 2. The monoisotopic (exact) mass is 360 g/mol. The molecule has 27 heavy (non-hydrogen) atoms. The molecule has 0 atom stereocenters. The van der Waals surface area contributed by atoms with Gasteiger partial charge in [-0.15, -0.1) is 5.10 Å². The Bertz CT molecular complexity index is 994. The first kappa shape index (κ1) is 16.6. The predicted molar refractivity (Wildman–Crippen MR) is 100.0 cm³/mol. The molecule has 1 aliphatic rings. The molecule has 134 valence electrons. The Kier molecular flexibility index (Phi) is 4.44. The third kappa shape index (κ3) is 3.59. The number of tetrazole rings is 1. The lowest BCUT2D eigenvalue weighted by Gasteiger charge is -2.07. The molecule has 0 radical (unpaired) electrons. The van der Waals surface area contributed by atoms with Gasteiger partial charge in [0.25, 0.3) is 11.9 Å². The number of aromatic amines is 1. The Morgan fingerprint density at radius 2 is 1.89 bits per heavy atom. The number of amides is 1. The molecule has 0 aliphatic carbocycles. The average Bonchev–Trinajstić information content (AvgIpc) is 3.32. The summed E-state index contributed by atoms with van der Waals surface area (Å²) in [6.45, 7) is 2.27. The summed E-state index contributed by atoms with van der Waals surface area (Å²) in [5.74, 6) is 0.586. The van der Waals surface area contributed by atoms with E-state index in [2.05, 4.69) is 25.7 Å². The molecule has 2 aromatic carbocycles. The van der Waals surface area contributed by atoms with Gasteiger partial charge in [0.2, 0.25) is 0 Å². The zero-order valence-corrected chi connectivity index (χ0v) is 14.5. The summed E-state index contributed by atoms with van der Waals surface area (Å²) < 4.78 is 5.78. The number of hydrogen-bond acceptors (Lipinski definition) is 6. The molecule has 3 aromatic rings. The van der Waals surface area contributed by atoms with Crippen molar-refractivity contribution in [3.05, 3.63) is 71.3 Å². The number of H-pyrrole nitrogens is 1. The van der Waals surface area contributed by atoms with Crippen LogP contribution in [-0.2, 0) is 11.4 Å². The molecule has 4 rings (SSSR count). The molecule has 1 amide bonds. The minimum absolute atomic E-state index is 0.118. The molecule has 1 aliphatic heterocycles. The molecule has 2 heterocycles. The Balaban J connectivity index is 1.46.